The standard InChI is InChI=1S/C18H13N5O3S.C12H10N4O3.C6H6ClNOS/c1-9-15(27-10(2)21-9)17-23-14-11(18(25)26-17)4-3-5-12(14)22-16(24)13-8-19-6-7-20-13;13-10-7(12(18)19)2-1-3-8(10)16-11(17)9-6-14-4-5-15-9;1-3-5(6(7)9)10-4(2)8-3/h3-8H,1-2H3,(H,22,24);1-6H,13H2,(H,16,17)(H,18,19);1-2H3. The Morgan fingerprint density at radius 3 is 1.84 bits per heavy atom. The second kappa shape index (κ2) is 18.0. The third-order valence-electron chi connectivity index (χ3n) is 7.26. The number of thiazole rings is 2. The zero-order valence-corrected chi connectivity index (χ0v) is 32.1. The van der Waals surface area contributed by atoms with Crippen molar-refractivity contribution in [3.05, 3.63) is 127 Å². The van der Waals surface area contributed by atoms with Crippen molar-refractivity contribution in [1.82, 2.24) is 34.9 Å². The molecule has 0 bridgehead atoms. The van der Waals surface area contributed by atoms with Crippen LogP contribution in [0.4, 0.5) is 17.1 Å². The van der Waals surface area contributed by atoms with E-state index in [0.717, 1.165) is 21.4 Å². The number of carbonyl (C=O) groups is 4. The van der Waals surface area contributed by atoms with Crippen molar-refractivity contribution in [2.75, 3.05) is 16.4 Å². The molecule has 2 aromatic carbocycles. The molecule has 17 nitrogen and oxygen atoms in total. The molecule has 0 saturated heterocycles. The largest absolute Gasteiger partial charge is 0.478 e. The first-order valence-electron chi connectivity index (χ1n) is 16.0. The number of nitrogens with one attached hydrogen (secondary N) is 2. The molecule has 0 aliphatic carbocycles. The molecule has 56 heavy (non-hydrogen) atoms. The molecular formula is C36H29ClN10O7S2. The fourth-order valence-corrected chi connectivity index (χ4v) is 6.65. The summed E-state index contributed by atoms with van der Waals surface area (Å²) < 4.78 is 5.38. The highest BCUT2D eigenvalue weighted by molar-refractivity contribution is 7.15. The van der Waals surface area contributed by atoms with Crippen molar-refractivity contribution in [1.29, 1.82) is 0 Å². The number of hydrogen-bond acceptors (Lipinski definition) is 16. The molecule has 0 atom stereocenters. The van der Waals surface area contributed by atoms with Crippen LogP contribution in [0.2, 0.25) is 0 Å². The zero-order valence-electron chi connectivity index (χ0n) is 29.7. The highest BCUT2D eigenvalue weighted by atomic mass is 35.5. The number of anilines is 3. The summed E-state index contributed by atoms with van der Waals surface area (Å²) in [4.78, 5) is 87.8. The zero-order chi connectivity index (χ0) is 40.5. The number of fused-ring (bicyclic) bond motifs is 1. The molecule has 5 N–H and O–H groups in total. The number of hydrogen-bond donors (Lipinski definition) is 4. The third kappa shape index (κ3) is 9.82. The summed E-state index contributed by atoms with van der Waals surface area (Å²) in [6.07, 6.45) is 8.39. The number of para-hydroxylation sites is 2. The number of carboxylic acid groups (broad SMARTS) is 1. The molecule has 0 unspecified atom stereocenters. The summed E-state index contributed by atoms with van der Waals surface area (Å²) in [5.74, 6) is -1.94. The molecule has 284 valence electrons. The molecule has 0 radical (unpaired) electrons. The van der Waals surface area contributed by atoms with Gasteiger partial charge in [0.05, 0.1) is 61.8 Å². The van der Waals surface area contributed by atoms with Crippen LogP contribution in [0, 0.1) is 27.7 Å². The number of aromatic carboxylic acids is 1. The van der Waals surface area contributed by atoms with E-state index in [1.165, 1.54) is 78.1 Å². The van der Waals surface area contributed by atoms with Crippen LogP contribution >= 0.6 is 34.3 Å². The first-order valence-corrected chi connectivity index (χ1v) is 18.0. The topological polar surface area (TPSA) is 259 Å². The number of carboxylic acids is 1. The van der Waals surface area contributed by atoms with Gasteiger partial charge >= 0.3 is 11.6 Å². The number of nitrogen functional groups attached to an aromatic ring is 1. The van der Waals surface area contributed by atoms with E-state index in [4.69, 9.17) is 26.9 Å². The molecule has 5 aromatic heterocycles. The molecule has 2 amide bonds. The van der Waals surface area contributed by atoms with Gasteiger partial charge in [-0.15, -0.1) is 22.7 Å². The van der Waals surface area contributed by atoms with Gasteiger partial charge in [-0.2, -0.15) is 0 Å². The monoisotopic (exact) mass is 812 g/mol. The normalized spacial score (nSPS) is 10.4. The van der Waals surface area contributed by atoms with Crippen molar-refractivity contribution in [2.24, 2.45) is 0 Å². The Hall–Kier alpha value is -6.83. The number of benzene rings is 2. The van der Waals surface area contributed by atoms with Crippen LogP contribution in [0.15, 0.2) is 82.8 Å². The summed E-state index contributed by atoms with van der Waals surface area (Å²) in [5, 5.41) is 15.7. The summed E-state index contributed by atoms with van der Waals surface area (Å²) in [7, 11) is 0. The number of halogens is 1. The molecular weight excluding hydrogens is 784 g/mol. The number of nitrogens with two attached hydrogens (primary N) is 1. The predicted octanol–water partition coefficient (Wildman–Crippen LogP) is 6.12. The lowest BCUT2D eigenvalue weighted by Gasteiger charge is -2.09. The molecule has 0 saturated carbocycles. The van der Waals surface area contributed by atoms with Gasteiger partial charge in [-0.3, -0.25) is 24.4 Å². The smallest absolute Gasteiger partial charge is 0.347 e. The Kier molecular flexibility index (Phi) is 13.0. The van der Waals surface area contributed by atoms with E-state index >= 15 is 0 Å². The van der Waals surface area contributed by atoms with Crippen LogP contribution in [-0.4, -0.2) is 63.0 Å². The molecule has 0 spiro atoms. The van der Waals surface area contributed by atoms with Gasteiger partial charge in [-0.05, 0) is 63.6 Å². The van der Waals surface area contributed by atoms with Crippen molar-refractivity contribution < 1.29 is 28.7 Å². The minimum atomic E-state index is -1.16. The van der Waals surface area contributed by atoms with Gasteiger partial charge in [0.25, 0.3) is 17.1 Å². The first kappa shape index (κ1) is 40.4. The van der Waals surface area contributed by atoms with E-state index in [9.17, 15) is 24.0 Å². The van der Waals surface area contributed by atoms with Crippen LogP contribution in [0.1, 0.15) is 62.4 Å². The maximum Gasteiger partial charge on any atom is 0.347 e. The molecule has 7 aromatic rings. The lowest BCUT2D eigenvalue weighted by Crippen LogP contribution is -2.16. The quantitative estimate of drug-likeness (QED) is 0.104. The van der Waals surface area contributed by atoms with Crippen LogP contribution in [0.3, 0.4) is 0 Å². The average molecular weight is 813 g/mol. The number of amides is 2. The maximum atomic E-state index is 12.4. The predicted molar refractivity (Wildman–Crippen MR) is 210 cm³/mol. The summed E-state index contributed by atoms with van der Waals surface area (Å²) in [5.41, 5.74) is 7.74. The highest BCUT2D eigenvalue weighted by Gasteiger charge is 2.18. The molecule has 20 heteroatoms. The Balaban J connectivity index is 0.000000179. The highest BCUT2D eigenvalue weighted by Crippen LogP contribution is 2.30. The van der Waals surface area contributed by atoms with Gasteiger partial charge in [-0.25, -0.2) is 34.5 Å². The number of nitrogens with zero attached hydrogens (tertiary/aromatic N) is 7. The minimum Gasteiger partial charge on any atom is -0.478 e. The molecule has 5 heterocycles. The Morgan fingerprint density at radius 1 is 0.768 bits per heavy atom. The minimum absolute atomic E-state index is 0.00718. The maximum absolute atomic E-state index is 12.4. The van der Waals surface area contributed by atoms with E-state index < -0.39 is 28.7 Å². The molecule has 0 fully saturated rings. The Morgan fingerprint density at radius 2 is 1.34 bits per heavy atom. The van der Waals surface area contributed by atoms with E-state index in [2.05, 4.69) is 45.5 Å². The van der Waals surface area contributed by atoms with Crippen LogP contribution in [-0.2, 0) is 0 Å². The Labute approximate surface area is 329 Å². The average Bonchev–Trinajstić information content (AvgIpc) is 3.71. The fourth-order valence-electron chi connectivity index (χ4n) is 4.80. The summed E-state index contributed by atoms with van der Waals surface area (Å²) in [6.45, 7) is 7.32. The lowest BCUT2D eigenvalue weighted by atomic mass is 10.1. The van der Waals surface area contributed by atoms with Gasteiger partial charge in [0.2, 0.25) is 5.89 Å². The third-order valence-corrected chi connectivity index (χ3v) is 9.70. The SMILES string of the molecule is Cc1nc(C)c(-c2nc3c(NC(=O)c4cnccn4)cccc3c(=O)o2)s1.Cc1nc(C)c(C(=O)Cl)s1.Nc1c(NC(=O)c2cnccn2)cccc1C(=O)O. The lowest BCUT2D eigenvalue weighted by molar-refractivity contribution is 0.0697. The number of aromatic nitrogens is 7. The van der Waals surface area contributed by atoms with Crippen molar-refractivity contribution in [3.63, 3.8) is 0 Å². The van der Waals surface area contributed by atoms with Crippen LogP contribution < -0.4 is 22.0 Å². The molecule has 0 aliphatic rings. The summed E-state index contributed by atoms with van der Waals surface area (Å²) in [6, 6.07) is 9.27. The number of carbonyl (C=O) groups excluding carboxylic acids is 3. The fraction of sp³-hybridized carbons (Fsp3) is 0.111. The second-order valence-corrected chi connectivity index (χ2v) is 14.0. The number of aryl methyl sites for hydroxylation is 4. The molecule has 7 rings (SSSR count). The second-order valence-electron chi connectivity index (χ2n) is 11.2. The van der Waals surface area contributed by atoms with Crippen molar-refractivity contribution >= 4 is 85.3 Å². The van der Waals surface area contributed by atoms with Crippen molar-refractivity contribution in [3.8, 4) is 10.8 Å². The van der Waals surface area contributed by atoms with Gasteiger partial charge in [0.1, 0.15) is 26.7 Å². The van der Waals surface area contributed by atoms with Crippen LogP contribution in [0.25, 0.3) is 21.7 Å². The number of rotatable bonds is 7. The molecule has 0 aliphatic heterocycles. The Bertz CT molecular complexity index is 2630. The van der Waals surface area contributed by atoms with Crippen LogP contribution in [0.5, 0.6) is 0 Å². The summed E-state index contributed by atoms with van der Waals surface area (Å²) >= 11 is 7.97. The van der Waals surface area contributed by atoms with Crippen molar-refractivity contribution in [2.45, 2.75) is 27.7 Å². The van der Waals surface area contributed by atoms with E-state index in [-0.39, 0.29) is 39.6 Å². The van der Waals surface area contributed by atoms with E-state index in [1.54, 1.807) is 25.1 Å². The van der Waals surface area contributed by atoms with E-state index in [0.29, 0.717) is 21.0 Å². The van der Waals surface area contributed by atoms with Gasteiger partial charge < -0.3 is 25.9 Å². The van der Waals surface area contributed by atoms with Gasteiger partial charge in [0, 0.05) is 24.8 Å². The van der Waals surface area contributed by atoms with Gasteiger partial charge in [0.15, 0.2) is 0 Å². The van der Waals surface area contributed by atoms with E-state index in [1.807, 2.05) is 20.8 Å². The first-order chi connectivity index (χ1) is 26.7. The van der Waals surface area contributed by atoms with Gasteiger partial charge in [-0.1, -0.05) is 12.1 Å².